The van der Waals surface area contributed by atoms with Gasteiger partial charge >= 0.3 is 0 Å². The maximum absolute atomic E-state index is 3.94. The molecular formula is C28H27N. The molecule has 4 aromatic rings. The Balaban J connectivity index is 1.75. The smallest absolute Gasteiger partial charge is 0.0494 e. The molecule has 0 spiro atoms. The van der Waals surface area contributed by atoms with Gasteiger partial charge in [-0.15, -0.1) is 0 Å². The van der Waals surface area contributed by atoms with Gasteiger partial charge < -0.3 is 5.32 Å². The summed E-state index contributed by atoms with van der Waals surface area (Å²) in [6.07, 6.45) is 2.85. The van der Waals surface area contributed by atoms with Gasteiger partial charge in [-0.05, 0) is 48.1 Å². The molecule has 0 aromatic heterocycles. The molecule has 0 fully saturated rings. The molecule has 0 amide bonds. The summed E-state index contributed by atoms with van der Waals surface area (Å²) in [6.45, 7) is 0. The Morgan fingerprint density at radius 3 is 1.07 bits per heavy atom. The quantitative estimate of drug-likeness (QED) is 0.366. The van der Waals surface area contributed by atoms with Crippen molar-refractivity contribution >= 4 is 5.69 Å². The molecular weight excluding hydrogens is 350 g/mol. The van der Waals surface area contributed by atoms with E-state index < -0.39 is 0 Å². The number of rotatable bonds is 8. The number of anilines is 1. The Morgan fingerprint density at radius 1 is 0.414 bits per heavy atom. The third kappa shape index (κ3) is 5.36. The van der Waals surface area contributed by atoms with Crippen LogP contribution in [-0.4, -0.2) is 5.54 Å². The Labute approximate surface area is 174 Å². The fraction of sp³-hybridized carbons (Fsp3) is 0.143. The Morgan fingerprint density at radius 2 is 0.724 bits per heavy atom. The summed E-state index contributed by atoms with van der Waals surface area (Å²) in [4.78, 5) is 0. The monoisotopic (exact) mass is 377 g/mol. The summed E-state index contributed by atoms with van der Waals surface area (Å²) < 4.78 is 0. The predicted octanol–water partition coefficient (Wildman–Crippen LogP) is 6.57. The van der Waals surface area contributed by atoms with Gasteiger partial charge in [0.15, 0.2) is 0 Å². The van der Waals surface area contributed by atoms with Gasteiger partial charge in [0, 0.05) is 11.2 Å². The molecule has 0 unspecified atom stereocenters. The van der Waals surface area contributed by atoms with Gasteiger partial charge in [0.05, 0.1) is 0 Å². The van der Waals surface area contributed by atoms with Crippen molar-refractivity contribution in [1.29, 1.82) is 0 Å². The van der Waals surface area contributed by atoms with Crippen molar-refractivity contribution in [3.05, 3.63) is 138 Å². The highest BCUT2D eigenvalue weighted by atomic mass is 15.0. The second kappa shape index (κ2) is 9.25. The van der Waals surface area contributed by atoms with Gasteiger partial charge in [-0.2, -0.15) is 0 Å². The van der Waals surface area contributed by atoms with E-state index in [1.807, 2.05) is 0 Å². The highest BCUT2D eigenvalue weighted by Crippen LogP contribution is 2.28. The first-order valence-corrected chi connectivity index (χ1v) is 10.3. The average molecular weight is 378 g/mol. The van der Waals surface area contributed by atoms with Crippen molar-refractivity contribution in [2.45, 2.75) is 24.8 Å². The molecule has 1 heteroatoms. The fourth-order valence-corrected chi connectivity index (χ4v) is 4.11. The molecule has 0 atom stereocenters. The average Bonchev–Trinajstić information content (AvgIpc) is 2.76. The van der Waals surface area contributed by atoms with Gasteiger partial charge in [0.1, 0.15) is 0 Å². The first-order valence-electron chi connectivity index (χ1n) is 10.3. The van der Waals surface area contributed by atoms with Crippen LogP contribution in [0.3, 0.4) is 0 Å². The fourth-order valence-electron chi connectivity index (χ4n) is 4.11. The van der Waals surface area contributed by atoms with Crippen LogP contribution in [0.15, 0.2) is 121 Å². The Kier molecular flexibility index (Phi) is 6.07. The third-order valence-corrected chi connectivity index (χ3v) is 5.34. The zero-order valence-corrected chi connectivity index (χ0v) is 16.7. The van der Waals surface area contributed by atoms with E-state index in [0.29, 0.717) is 0 Å². The second-order valence-corrected chi connectivity index (χ2v) is 7.76. The number of nitrogens with one attached hydrogen (secondary N) is 1. The van der Waals surface area contributed by atoms with E-state index >= 15 is 0 Å². The van der Waals surface area contributed by atoms with Gasteiger partial charge in [-0.3, -0.25) is 0 Å². The van der Waals surface area contributed by atoms with Crippen molar-refractivity contribution in [2.24, 2.45) is 0 Å². The molecule has 0 saturated heterocycles. The van der Waals surface area contributed by atoms with E-state index in [1.54, 1.807) is 0 Å². The van der Waals surface area contributed by atoms with Crippen LogP contribution in [0.2, 0.25) is 0 Å². The van der Waals surface area contributed by atoms with Crippen LogP contribution in [0, 0.1) is 0 Å². The zero-order chi connectivity index (χ0) is 19.8. The first-order chi connectivity index (χ1) is 14.3. The highest BCUT2D eigenvalue weighted by molar-refractivity contribution is 5.47. The standard InChI is InChI=1S/C28H27N/c1-5-13-24(14-6-1)21-28(22-25-15-7-2-8-16-25,23-26-17-9-3-10-18-26)29-27-19-11-4-12-20-27/h1-20,29H,21-23H2. The lowest BCUT2D eigenvalue weighted by molar-refractivity contribution is 0.455. The maximum Gasteiger partial charge on any atom is 0.0494 e. The molecule has 0 radical (unpaired) electrons. The van der Waals surface area contributed by atoms with Crippen LogP contribution < -0.4 is 5.32 Å². The van der Waals surface area contributed by atoms with Crippen LogP contribution in [0.4, 0.5) is 5.69 Å². The van der Waals surface area contributed by atoms with E-state index in [4.69, 9.17) is 0 Å². The molecule has 4 rings (SSSR count). The van der Waals surface area contributed by atoms with Crippen molar-refractivity contribution in [2.75, 3.05) is 5.32 Å². The van der Waals surface area contributed by atoms with Crippen LogP contribution in [-0.2, 0) is 19.3 Å². The first kappa shape index (κ1) is 19.0. The molecule has 0 bridgehead atoms. The molecule has 1 nitrogen and oxygen atoms in total. The van der Waals surface area contributed by atoms with Gasteiger partial charge in [-0.1, -0.05) is 109 Å². The summed E-state index contributed by atoms with van der Waals surface area (Å²) in [5.74, 6) is 0. The van der Waals surface area contributed by atoms with E-state index in [-0.39, 0.29) is 5.54 Å². The van der Waals surface area contributed by atoms with Crippen molar-refractivity contribution in [3.8, 4) is 0 Å². The molecule has 0 aliphatic rings. The SMILES string of the molecule is c1ccc(CC(Cc2ccccc2)(Cc2ccccc2)Nc2ccccc2)cc1. The van der Waals surface area contributed by atoms with Crippen LogP contribution in [0.5, 0.6) is 0 Å². The molecule has 4 aromatic carbocycles. The number of hydrogen-bond acceptors (Lipinski definition) is 1. The largest absolute Gasteiger partial charge is 0.379 e. The number of hydrogen-bond donors (Lipinski definition) is 1. The van der Waals surface area contributed by atoms with Gasteiger partial charge in [0.25, 0.3) is 0 Å². The van der Waals surface area contributed by atoms with Crippen molar-refractivity contribution < 1.29 is 0 Å². The van der Waals surface area contributed by atoms with E-state index in [9.17, 15) is 0 Å². The van der Waals surface area contributed by atoms with E-state index in [0.717, 1.165) is 24.9 Å². The molecule has 0 aliphatic heterocycles. The van der Waals surface area contributed by atoms with E-state index in [1.165, 1.54) is 16.7 Å². The summed E-state index contributed by atoms with van der Waals surface area (Å²) in [7, 11) is 0. The molecule has 0 aliphatic carbocycles. The van der Waals surface area contributed by atoms with Crippen LogP contribution in [0.25, 0.3) is 0 Å². The molecule has 1 N–H and O–H groups in total. The van der Waals surface area contributed by atoms with Crippen molar-refractivity contribution in [3.63, 3.8) is 0 Å². The topological polar surface area (TPSA) is 12.0 Å². The number of para-hydroxylation sites is 1. The van der Waals surface area contributed by atoms with Crippen LogP contribution in [0.1, 0.15) is 16.7 Å². The summed E-state index contributed by atoms with van der Waals surface area (Å²) in [6, 6.07) is 43.0. The maximum atomic E-state index is 3.94. The second-order valence-electron chi connectivity index (χ2n) is 7.76. The zero-order valence-electron chi connectivity index (χ0n) is 16.7. The van der Waals surface area contributed by atoms with Crippen LogP contribution >= 0.6 is 0 Å². The van der Waals surface area contributed by atoms with Crippen molar-refractivity contribution in [1.82, 2.24) is 0 Å². The lowest BCUT2D eigenvalue weighted by atomic mass is 9.79. The normalized spacial score (nSPS) is 11.2. The summed E-state index contributed by atoms with van der Waals surface area (Å²) in [5.41, 5.74) is 5.08. The lowest BCUT2D eigenvalue weighted by Crippen LogP contribution is -2.45. The minimum atomic E-state index is -0.134. The number of benzene rings is 4. The Bertz CT molecular complexity index is 808. The minimum absolute atomic E-state index is 0.134. The van der Waals surface area contributed by atoms with Gasteiger partial charge in [-0.25, -0.2) is 0 Å². The summed E-state index contributed by atoms with van der Waals surface area (Å²) in [5, 5.41) is 3.94. The highest BCUT2D eigenvalue weighted by Gasteiger charge is 2.31. The predicted molar refractivity (Wildman–Crippen MR) is 123 cm³/mol. The minimum Gasteiger partial charge on any atom is -0.379 e. The third-order valence-electron chi connectivity index (χ3n) is 5.34. The summed E-state index contributed by atoms with van der Waals surface area (Å²) >= 11 is 0. The molecule has 144 valence electrons. The van der Waals surface area contributed by atoms with E-state index in [2.05, 4.69) is 127 Å². The molecule has 0 saturated carbocycles. The lowest BCUT2D eigenvalue weighted by Gasteiger charge is -2.37. The Hall–Kier alpha value is -3.32. The van der Waals surface area contributed by atoms with Gasteiger partial charge in [0.2, 0.25) is 0 Å². The molecule has 0 heterocycles. The molecule has 29 heavy (non-hydrogen) atoms.